The Morgan fingerprint density at radius 2 is 1.00 bits per heavy atom. The quantitative estimate of drug-likeness (QED) is 0.0846. The summed E-state index contributed by atoms with van der Waals surface area (Å²) in [6.07, 6.45) is 17.7. The first-order valence-corrected chi connectivity index (χ1v) is 21.6. The minimum Gasteiger partial charge on any atom is -0.338 e. The molecule has 2 nitrogen and oxygen atoms in total. The summed E-state index contributed by atoms with van der Waals surface area (Å²) in [5.41, 5.74) is 15.2. The van der Waals surface area contributed by atoms with Crippen molar-refractivity contribution in [3.8, 4) is 33.4 Å². The maximum atomic E-state index is 4.42. The third kappa shape index (κ3) is 8.87. The van der Waals surface area contributed by atoms with Crippen molar-refractivity contribution in [2.75, 3.05) is 9.80 Å². The van der Waals surface area contributed by atoms with Gasteiger partial charge in [-0.3, -0.25) is 0 Å². The molecule has 1 aliphatic rings. The maximum absolute atomic E-state index is 4.42. The zero-order valence-electron chi connectivity index (χ0n) is 35.4. The largest absolute Gasteiger partial charge is 0.338 e. The molecule has 0 N–H and O–H groups in total. The highest BCUT2D eigenvalue weighted by molar-refractivity contribution is 5.86. The van der Waals surface area contributed by atoms with E-state index in [0.717, 1.165) is 42.0 Å². The lowest BCUT2D eigenvalue weighted by Gasteiger charge is -2.34. The van der Waals surface area contributed by atoms with Crippen molar-refractivity contribution in [1.29, 1.82) is 0 Å². The van der Waals surface area contributed by atoms with Gasteiger partial charge in [-0.2, -0.15) is 0 Å². The Labute approximate surface area is 369 Å². The van der Waals surface area contributed by atoms with Gasteiger partial charge in [-0.15, -0.1) is 26.3 Å². The molecule has 0 aliphatic heterocycles. The number of hydrogen-bond acceptors (Lipinski definition) is 2. The van der Waals surface area contributed by atoms with Gasteiger partial charge in [-0.25, -0.2) is 0 Å². The van der Waals surface area contributed by atoms with E-state index in [4.69, 9.17) is 0 Å². The molecule has 0 saturated carbocycles. The van der Waals surface area contributed by atoms with E-state index in [-0.39, 0.29) is 17.9 Å². The SMILES string of the molecule is C=CCC(C=C)N(C1=CC=CCC1)c1ccc(-c2ccccc2-c2ccccc2C(C=C)C(C=C)c2ccc(N(c3ccccc3)c3ccc(-c4ccccc4)cc3)cc2)cc1. The molecule has 1 aliphatic carbocycles. The average molecular weight is 803 g/mol. The maximum Gasteiger partial charge on any atom is 0.0550 e. The molecule has 2 heteroatoms. The Kier molecular flexibility index (Phi) is 13.2. The molecule has 0 aromatic heterocycles. The number of nitrogens with zero attached hydrogens (tertiary/aromatic N) is 2. The van der Waals surface area contributed by atoms with E-state index in [1.54, 1.807) is 0 Å². The predicted octanol–water partition coefficient (Wildman–Crippen LogP) is 16.6. The number of benzene rings is 7. The van der Waals surface area contributed by atoms with Gasteiger partial charge in [-0.05, 0) is 118 Å². The van der Waals surface area contributed by atoms with Crippen molar-refractivity contribution in [2.45, 2.75) is 37.1 Å². The zero-order chi connectivity index (χ0) is 42.7. The highest BCUT2D eigenvalue weighted by atomic mass is 15.2. The molecule has 8 rings (SSSR count). The molecule has 7 aromatic carbocycles. The van der Waals surface area contributed by atoms with Crippen LogP contribution in [-0.2, 0) is 0 Å². The van der Waals surface area contributed by atoms with Crippen LogP contribution in [0, 0.1) is 0 Å². The first-order valence-electron chi connectivity index (χ1n) is 21.6. The third-order valence-electron chi connectivity index (χ3n) is 12.0. The zero-order valence-corrected chi connectivity index (χ0v) is 35.4. The molecule has 3 unspecified atom stereocenters. The van der Waals surface area contributed by atoms with Crippen LogP contribution in [0.4, 0.5) is 22.7 Å². The number of anilines is 4. The fraction of sp³-hybridized carbons (Fsp3) is 0.100. The summed E-state index contributed by atoms with van der Waals surface area (Å²) in [5, 5.41) is 0. The molecule has 0 amide bonds. The Morgan fingerprint density at radius 1 is 0.468 bits per heavy atom. The molecule has 0 radical (unpaired) electrons. The number of allylic oxidation sites excluding steroid dienone is 6. The summed E-state index contributed by atoms with van der Waals surface area (Å²) in [7, 11) is 0. The Balaban J connectivity index is 1.10. The lowest BCUT2D eigenvalue weighted by Crippen LogP contribution is -2.33. The van der Waals surface area contributed by atoms with E-state index in [1.165, 1.54) is 50.2 Å². The van der Waals surface area contributed by atoms with Gasteiger partial charge in [0.05, 0.1) is 6.04 Å². The Hall–Kier alpha value is -7.42. The van der Waals surface area contributed by atoms with Crippen LogP contribution in [-0.4, -0.2) is 6.04 Å². The van der Waals surface area contributed by atoms with Crippen LogP contribution in [0.3, 0.4) is 0 Å². The smallest absolute Gasteiger partial charge is 0.0550 e. The topological polar surface area (TPSA) is 6.48 Å². The van der Waals surface area contributed by atoms with Gasteiger partial charge in [0.15, 0.2) is 0 Å². The number of para-hydroxylation sites is 1. The molecule has 0 heterocycles. The fourth-order valence-electron chi connectivity index (χ4n) is 8.90. The predicted molar refractivity (Wildman–Crippen MR) is 267 cm³/mol. The van der Waals surface area contributed by atoms with E-state index in [2.05, 4.69) is 248 Å². The van der Waals surface area contributed by atoms with E-state index in [0.29, 0.717) is 0 Å². The molecule has 0 bridgehead atoms. The number of rotatable bonds is 17. The molecule has 0 saturated heterocycles. The first-order chi connectivity index (χ1) is 30.6. The minimum absolute atomic E-state index is 0.00670. The second kappa shape index (κ2) is 19.8. The van der Waals surface area contributed by atoms with Gasteiger partial charge in [0, 0.05) is 40.3 Å². The monoisotopic (exact) mass is 802 g/mol. The van der Waals surface area contributed by atoms with Crippen molar-refractivity contribution in [3.63, 3.8) is 0 Å². The third-order valence-corrected chi connectivity index (χ3v) is 12.0. The van der Waals surface area contributed by atoms with Crippen LogP contribution < -0.4 is 9.80 Å². The molecule has 3 atom stereocenters. The Bertz CT molecular complexity index is 2670. The molecule has 0 fully saturated rings. The first kappa shape index (κ1) is 41.3. The molecular formula is C60H54N2. The van der Waals surface area contributed by atoms with Gasteiger partial charge in [0.2, 0.25) is 0 Å². The van der Waals surface area contributed by atoms with Crippen molar-refractivity contribution in [2.24, 2.45) is 0 Å². The summed E-state index contributed by atoms with van der Waals surface area (Å²) in [6.45, 7) is 17.0. The van der Waals surface area contributed by atoms with Gasteiger partial charge in [0.25, 0.3) is 0 Å². The highest BCUT2D eigenvalue weighted by Gasteiger charge is 2.25. The van der Waals surface area contributed by atoms with E-state index < -0.39 is 0 Å². The summed E-state index contributed by atoms with van der Waals surface area (Å²) >= 11 is 0. The van der Waals surface area contributed by atoms with Crippen molar-refractivity contribution >= 4 is 22.7 Å². The molecule has 0 spiro atoms. The molecule has 7 aromatic rings. The molecular weight excluding hydrogens is 749 g/mol. The van der Waals surface area contributed by atoms with E-state index in [9.17, 15) is 0 Å². The number of hydrogen-bond donors (Lipinski definition) is 0. The van der Waals surface area contributed by atoms with E-state index >= 15 is 0 Å². The second-order valence-corrected chi connectivity index (χ2v) is 15.7. The van der Waals surface area contributed by atoms with Crippen LogP contribution >= 0.6 is 0 Å². The van der Waals surface area contributed by atoms with E-state index in [1.807, 2.05) is 12.2 Å². The van der Waals surface area contributed by atoms with Crippen LogP contribution in [0.1, 0.15) is 42.2 Å². The van der Waals surface area contributed by atoms with Crippen molar-refractivity contribution in [3.05, 3.63) is 268 Å². The lowest BCUT2D eigenvalue weighted by molar-refractivity contribution is 0.727. The standard InChI is InChI=1S/C60H54N2/c1-5-22-49(6-2)61(50-25-14-10-15-26-50)52-43-37-48(38-44-52)57-29-18-19-31-59(57)60-32-21-20-30-58(60)56(8-4)55(7-3)47-35-41-54(42-36-47)62(51-27-16-11-17-28-51)53-39-33-46(34-40-53)45-23-12-9-13-24-45/h5-14,16-21,23-25,27-44,49,55-56H,1-4,15,22,26H2. The summed E-state index contributed by atoms with van der Waals surface area (Å²) in [6, 6.07) is 65.5. The average Bonchev–Trinajstić information content (AvgIpc) is 3.35. The van der Waals surface area contributed by atoms with Crippen molar-refractivity contribution < 1.29 is 0 Å². The van der Waals surface area contributed by atoms with Crippen LogP contribution in [0.15, 0.2) is 257 Å². The summed E-state index contributed by atoms with van der Waals surface area (Å²) in [4.78, 5) is 4.73. The van der Waals surface area contributed by atoms with Gasteiger partial charge < -0.3 is 9.80 Å². The minimum atomic E-state index is -0.0205. The second-order valence-electron chi connectivity index (χ2n) is 15.7. The van der Waals surface area contributed by atoms with Crippen molar-refractivity contribution in [1.82, 2.24) is 0 Å². The highest BCUT2D eigenvalue weighted by Crippen LogP contribution is 2.44. The summed E-state index contributed by atoms with van der Waals surface area (Å²) < 4.78 is 0. The van der Waals surface area contributed by atoms with Crippen LogP contribution in [0.25, 0.3) is 33.4 Å². The lowest BCUT2D eigenvalue weighted by atomic mass is 9.78. The summed E-state index contributed by atoms with van der Waals surface area (Å²) in [5.74, 6) is -0.0272. The molecule has 62 heavy (non-hydrogen) atoms. The van der Waals surface area contributed by atoms with Crippen LogP contribution in [0.2, 0.25) is 0 Å². The van der Waals surface area contributed by atoms with Crippen LogP contribution in [0.5, 0.6) is 0 Å². The van der Waals surface area contributed by atoms with Gasteiger partial charge in [0.1, 0.15) is 0 Å². The van der Waals surface area contributed by atoms with Gasteiger partial charge in [-0.1, -0.05) is 170 Å². The fourth-order valence-corrected chi connectivity index (χ4v) is 8.90. The van der Waals surface area contributed by atoms with Gasteiger partial charge >= 0.3 is 0 Å². The molecule has 304 valence electrons. The normalized spacial score (nSPS) is 13.5. The Morgan fingerprint density at radius 3 is 1.61 bits per heavy atom.